The van der Waals surface area contributed by atoms with Gasteiger partial charge in [-0.15, -0.1) is 0 Å². The van der Waals surface area contributed by atoms with Crippen molar-refractivity contribution in [3.05, 3.63) is 93.9 Å². The summed E-state index contributed by atoms with van der Waals surface area (Å²) >= 11 is 0. The lowest BCUT2D eigenvalue weighted by atomic mass is 9.93. The number of carboxylic acid groups (broad SMARTS) is 1. The van der Waals surface area contributed by atoms with Crippen LogP contribution in [0.2, 0.25) is 0 Å². The Morgan fingerprint density at radius 1 is 0.983 bits per heavy atom. The standard InChI is InChI=1S/C43H39F3N8O4/c1-22-27(5-3-7-29(22)40-50-35-16-31-30(32(17-47)38(35)58-40)9-10-36(31)54-14-11-25(20-54)41(56)57)28-6-4-8-33(23(28)2)49-39-37-34(51-42(52-39)43(44,45)46)15-24(18-48-37)19-53-13-12-26(55)21-53/h3-8,15-16,18,25-26,36,55H,9-14,19-21H2,1-2H3,(H,56,57)(H,49,51,52)/t25-,26-,36-/m1/s1. The summed E-state index contributed by atoms with van der Waals surface area (Å²) in [4.78, 5) is 33.0. The second-order valence-corrected chi connectivity index (χ2v) is 15.5. The molecule has 0 amide bonds. The summed E-state index contributed by atoms with van der Waals surface area (Å²) in [5.41, 5.74) is 8.80. The Morgan fingerprint density at radius 2 is 1.76 bits per heavy atom. The fourth-order valence-corrected chi connectivity index (χ4v) is 8.94. The average Bonchev–Trinajstić information content (AvgIpc) is 4.01. The van der Waals surface area contributed by atoms with Crippen LogP contribution in [0.25, 0.3) is 44.7 Å². The molecular formula is C43H39F3N8O4. The van der Waals surface area contributed by atoms with Gasteiger partial charge >= 0.3 is 12.1 Å². The molecule has 6 aromatic rings. The molecule has 9 rings (SSSR count). The van der Waals surface area contributed by atoms with Crippen LogP contribution in [-0.2, 0) is 23.9 Å². The van der Waals surface area contributed by atoms with Crippen LogP contribution in [0.4, 0.5) is 24.7 Å². The Bertz CT molecular complexity index is 2670. The van der Waals surface area contributed by atoms with Crippen molar-refractivity contribution in [2.24, 2.45) is 5.92 Å². The van der Waals surface area contributed by atoms with E-state index in [1.54, 1.807) is 18.3 Å². The molecule has 15 heteroatoms. The van der Waals surface area contributed by atoms with Crippen molar-refractivity contribution in [3.8, 4) is 28.7 Å². The Balaban J connectivity index is 1.04. The molecule has 0 spiro atoms. The van der Waals surface area contributed by atoms with Crippen LogP contribution in [-0.4, -0.2) is 78.2 Å². The summed E-state index contributed by atoms with van der Waals surface area (Å²) in [5, 5.41) is 33.0. The summed E-state index contributed by atoms with van der Waals surface area (Å²) in [6.45, 7) is 6.57. The molecule has 0 unspecified atom stereocenters. The molecule has 0 radical (unpaired) electrons. The van der Waals surface area contributed by atoms with Crippen LogP contribution in [0.15, 0.2) is 59.1 Å². The van der Waals surface area contributed by atoms with Gasteiger partial charge in [-0.25, -0.2) is 15.0 Å². The smallest absolute Gasteiger partial charge is 0.451 e. The molecule has 0 saturated carbocycles. The molecule has 0 bridgehead atoms. The number of halogens is 3. The van der Waals surface area contributed by atoms with Gasteiger partial charge in [-0.05, 0) is 109 Å². The minimum Gasteiger partial charge on any atom is -0.481 e. The van der Waals surface area contributed by atoms with Crippen molar-refractivity contribution < 1.29 is 32.6 Å². The van der Waals surface area contributed by atoms with E-state index in [-0.39, 0.29) is 22.9 Å². The second kappa shape index (κ2) is 14.5. The molecular weight excluding hydrogens is 750 g/mol. The van der Waals surface area contributed by atoms with Crippen LogP contribution in [0, 0.1) is 31.1 Å². The largest absolute Gasteiger partial charge is 0.481 e. The maximum absolute atomic E-state index is 14.1. The number of aliphatic hydroxyl groups is 1. The van der Waals surface area contributed by atoms with E-state index in [2.05, 4.69) is 31.2 Å². The number of anilines is 2. The summed E-state index contributed by atoms with van der Waals surface area (Å²) in [6, 6.07) is 17.2. The zero-order valence-electron chi connectivity index (χ0n) is 31.8. The fraction of sp³-hybridized carbons (Fsp3) is 0.349. The number of pyridine rings is 1. The van der Waals surface area contributed by atoms with Gasteiger partial charge in [-0.3, -0.25) is 19.6 Å². The maximum atomic E-state index is 14.1. The van der Waals surface area contributed by atoms with Crippen molar-refractivity contribution >= 4 is 39.6 Å². The number of likely N-dealkylation sites (tertiary alicyclic amines) is 2. The highest BCUT2D eigenvalue weighted by Gasteiger charge is 2.38. The lowest BCUT2D eigenvalue weighted by Crippen LogP contribution is -2.26. The molecule has 58 heavy (non-hydrogen) atoms. The van der Waals surface area contributed by atoms with Crippen molar-refractivity contribution in [1.82, 2.24) is 29.7 Å². The third kappa shape index (κ3) is 6.70. The van der Waals surface area contributed by atoms with Gasteiger partial charge in [-0.2, -0.15) is 18.4 Å². The quantitative estimate of drug-likeness (QED) is 0.138. The first kappa shape index (κ1) is 37.6. The monoisotopic (exact) mass is 788 g/mol. The van der Waals surface area contributed by atoms with E-state index in [1.807, 2.05) is 55.1 Å². The van der Waals surface area contributed by atoms with Gasteiger partial charge in [0.05, 0.1) is 17.5 Å². The van der Waals surface area contributed by atoms with E-state index < -0.39 is 30.0 Å². The predicted octanol–water partition coefficient (Wildman–Crippen LogP) is 7.71. The Labute approximate surface area is 331 Å². The summed E-state index contributed by atoms with van der Waals surface area (Å²) in [5.74, 6) is -2.20. The minimum atomic E-state index is -4.80. The number of nitrogens with one attached hydrogen (secondary N) is 1. The van der Waals surface area contributed by atoms with Crippen molar-refractivity contribution in [2.45, 2.75) is 64.4 Å². The number of aliphatic carboxylic acids is 1. The van der Waals surface area contributed by atoms with Gasteiger partial charge in [0, 0.05) is 49.7 Å². The van der Waals surface area contributed by atoms with Crippen LogP contribution in [0.3, 0.4) is 0 Å². The molecule has 2 aliphatic heterocycles. The molecule has 2 saturated heterocycles. The maximum Gasteiger partial charge on any atom is 0.451 e. The molecule has 3 aromatic carbocycles. The highest BCUT2D eigenvalue weighted by atomic mass is 19.4. The number of oxazole rings is 1. The van der Waals surface area contributed by atoms with Crippen LogP contribution in [0.1, 0.15) is 64.5 Å². The number of hydrogen-bond donors (Lipinski definition) is 3. The summed E-state index contributed by atoms with van der Waals surface area (Å²) in [6.07, 6.45) is -0.907. The topological polar surface area (TPSA) is 165 Å². The highest BCUT2D eigenvalue weighted by Crippen LogP contribution is 2.44. The van der Waals surface area contributed by atoms with Gasteiger partial charge < -0.3 is 19.9 Å². The van der Waals surface area contributed by atoms with Crippen LogP contribution >= 0.6 is 0 Å². The first-order chi connectivity index (χ1) is 27.9. The first-order valence-corrected chi connectivity index (χ1v) is 19.3. The number of rotatable bonds is 8. The third-order valence-corrected chi connectivity index (χ3v) is 11.9. The number of carboxylic acids is 1. The van der Waals surface area contributed by atoms with Gasteiger partial charge in [0.25, 0.3) is 0 Å². The van der Waals surface area contributed by atoms with E-state index in [9.17, 15) is 33.4 Å². The zero-order chi connectivity index (χ0) is 40.5. The van der Waals surface area contributed by atoms with Crippen LogP contribution < -0.4 is 5.32 Å². The number of hydrogen-bond acceptors (Lipinski definition) is 11. The number of alkyl halides is 3. The first-order valence-electron chi connectivity index (χ1n) is 19.3. The molecule has 12 nitrogen and oxygen atoms in total. The van der Waals surface area contributed by atoms with E-state index in [0.29, 0.717) is 85.8 Å². The number of fused-ring (bicyclic) bond motifs is 3. The van der Waals surface area contributed by atoms with Crippen LogP contribution in [0.5, 0.6) is 0 Å². The Hall–Kier alpha value is -5.95. The van der Waals surface area contributed by atoms with Gasteiger partial charge in [0.2, 0.25) is 11.7 Å². The molecule has 3 aromatic heterocycles. The number of nitriles is 1. The number of aliphatic hydroxyl groups excluding tert-OH is 1. The Kier molecular flexibility index (Phi) is 9.38. The SMILES string of the molecule is Cc1c(Nc2nc(C(F)(F)F)nc3cc(CN4CC[C@@H](O)C4)cnc23)cccc1-c1cccc(-c2nc3cc4c(c(C#N)c3o2)CC[C@H]4N2CC[C@@H](C(=O)O)C2)c1C. The predicted molar refractivity (Wildman–Crippen MR) is 209 cm³/mol. The van der Waals surface area contributed by atoms with Gasteiger partial charge in [0.15, 0.2) is 11.4 Å². The minimum absolute atomic E-state index is 0.00851. The molecule has 1 aliphatic carbocycles. The zero-order valence-corrected chi connectivity index (χ0v) is 31.8. The lowest BCUT2D eigenvalue weighted by Gasteiger charge is -2.24. The average molecular weight is 789 g/mol. The molecule has 3 aliphatic rings. The number of aromatic nitrogens is 4. The van der Waals surface area contributed by atoms with Crippen molar-refractivity contribution in [3.63, 3.8) is 0 Å². The van der Waals surface area contributed by atoms with E-state index in [1.165, 1.54) is 0 Å². The number of carbonyl (C=O) groups is 1. The second-order valence-electron chi connectivity index (χ2n) is 15.5. The molecule has 5 heterocycles. The molecule has 3 N–H and O–H groups in total. The van der Waals surface area contributed by atoms with Gasteiger partial charge in [-0.1, -0.05) is 24.3 Å². The lowest BCUT2D eigenvalue weighted by molar-refractivity contribution is -0.144. The molecule has 296 valence electrons. The van der Waals surface area contributed by atoms with E-state index in [4.69, 9.17) is 9.40 Å². The molecule has 3 atom stereocenters. The van der Waals surface area contributed by atoms with Crippen molar-refractivity contribution in [2.75, 3.05) is 31.5 Å². The third-order valence-electron chi connectivity index (χ3n) is 11.9. The van der Waals surface area contributed by atoms with Gasteiger partial charge in [0.1, 0.15) is 22.7 Å². The number of β-amino-alcohol motifs (C(OH)–C–C–N with tert-alkyl or cyclic N) is 1. The number of nitrogens with zero attached hydrogens (tertiary/aromatic N) is 7. The normalized spacial score (nSPS) is 19.9. The Morgan fingerprint density at radius 3 is 2.48 bits per heavy atom. The highest BCUT2D eigenvalue weighted by molar-refractivity contribution is 5.90. The van der Waals surface area contributed by atoms with Crippen molar-refractivity contribution in [1.29, 1.82) is 5.26 Å². The summed E-state index contributed by atoms with van der Waals surface area (Å²) < 4.78 is 48.8. The van der Waals surface area contributed by atoms with E-state index in [0.717, 1.165) is 45.4 Å². The molecule has 2 fully saturated rings. The summed E-state index contributed by atoms with van der Waals surface area (Å²) in [7, 11) is 0. The number of benzene rings is 3. The van der Waals surface area contributed by atoms with E-state index >= 15 is 0 Å². The fourth-order valence-electron chi connectivity index (χ4n) is 8.94.